The van der Waals surface area contributed by atoms with Crippen LogP contribution in [0.15, 0.2) is 24.3 Å². The first-order valence-corrected chi connectivity index (χ1v) is 4.39. The zero-order valence-corrected chi connectivity index (χ0v) is 8.19. The van der Waals surface area contributed by atoms with Gasteiger partial charge in [-0.15, -0.1) is 0 Å². The van der Waals surface area contributed by atoms with Crippen LogP contribution >= 0.6 is 0 Å². The van der Waals surface area contributed by atoms with Crippen LogP contribution in [0.5, 0.6) is 11.5 Å². The van der Waals surface area contributed by atoms with Crippen molar-refractivity contribution in [2.75, 3.05) is 12.8 Å². The largest absolute Gasteiger partial charge is 0.507 e. The molecule has 0 saturated heterocycles. The number of phenols is 1. The van der Waals surface area contributed by atoms with E-state index in [1.165, 1.54) is 6.07 Å². The van der Waals surface area contributed by atoms with Gasteiger partial charge < -0.3 is 15.6 Å². The zero-order valence-electron chi connectivity index (χ0n) is 8.19. The van der Waals surface area contributed by atoms with Crippen molar-refractivity contribution in [2.45, 2.75) is 0 Å². The van der Waals surface area contributed by atoms with E-state index < -0.39 is 0 Å². The van der Waals surface area contributed by atoms with Gasteiger partial charge in [0.1, 0.15) is 17.3 Å². The van der Waals surface area contributed by atoms with Gasteiger partial charge in [0.25, 0.3) is 0 Å². The maximum Gasteiger partial charge on any atom is 0.145 e. The van der Waals surface area contributed by atoms with Crippen molar-refractivity contribution < 1.29 is 9.84 Å². The van der Waals surface area contributed by atoms with E-state index in [0.717, 1.165) is 0 Å². The van der Waals surface area contributed by atoms with Gasteiger partial charge in [0.2, 0.25) is 0 Å². The van der Waals surface area contributed by atoms with Crippen LogP contribution in [0.2, 0.25) is 0 Å². The fourth-order valence-electron chi connectivity index (χ4n) is 1.34. The Labute approximate surface area is 86.5 Å². The first-order chi connectivity index (χ1) is 7.20. The highest BCUT2D eigenvalue weighted by molar-refractivity contribution is 5.69. The highest BCUT2D eigenvalue weighted by Crippen LogP contribution is 2.31. The number of hydrogen-bond acceptors (Lipinski definition) is 4. The summed E-state index contributed by atoms with van der Waals surface area (Å²) in [6, 6.07) is 6.68. The third-order valence-corrected chi connectivity index (χ3v) is 2.09. The molecule has 2 rings (SSSR count). The maximum absolute atomic E-state index is 9.72. The maximum atomic E-state index is 9.72. The quantitative estimate of drug-likeness (QED) is 0.691. The minimum absolute atomic E-state index is 0.123. The molecule has 0 aliphatic carbocycles. The van der Waals surface area contributed by atoms with Gasteiger partial charge in [-0.2, -0.15) is 5.10 Å². The minimum atomic E-state index is 0.123. The number of aromatic hydroxyl groups is 1. The van der Waals surface area contributed by atoms with Gasteiger partial charge in [0.15, 0.2) is 0 Å². The van der Waals surface area contributed by atoms with E-state index >= 15 is 0 Å². The molecule has 0 radical (unpaired) electrons. The molecule has 78 valence electrons. The van der Waals surface area contributed by atoms with E-state index in [4.69, 9.17) is 10.5 Å². The highest BCUT2D eigenvalue weighted by atomic mass is 16.5. The number of ether oxygens (including phenoxy) is 1. The Balaban J connectivity index is 2.45. The second-order valence-corrected chi connectivity index (χ2v) is 3.09. The number of anilines is 1. The average Bonchev–Trinajstić information content (AvgIpc) is 2.64. The van der Waals surface area contributed by atoms with E-state index in [9.17, 15) is 5.11 Å². The van der Waals surface area contributed by atoms with Gasteiger partial charge in [-0.1, -0.05) is 0 Å². The number of methoxy groups -OCH3 is 1. The second-order valence-electron chi connectivity index (χ2n) is 3.09. The normalized spacial score (nSPS) is 10.2. The molecule has 1 aromatic heterocycles. The highest BCUT2D eigenvalue weighted by Gasteiger charge is 2.07. The first-order valence-electron chi connectivity index (χ1n) is 4.39. The number of benzene rings is 1. The van der Waals surface area contributed by atoms with Crippen LogP contribution in [-0.4, -0.2) is 22.4 Å². The summed E-state index contributed by atoms with van der Waals surface area (Å²) >= 11 is 0. The molecular weight excluding hydrogens is 194 g/mol. The van der Waals surface area contributed by atoms with E-state index in [2.05, 4.69) is 10.2 Å². The molecule has 4 N–H and O–H groups in total. The molecule has 0 atom stereocenters. The molecule has 5 heteroatoms. The lowest BCUT2D eigenvalue weighted by Crippen LogP contribution is -1.84. The van der Waals surface area contributed by atoms with Crippen LogP contribution in [-0.2, 0) is 0 Å². The Morgan fingerprint density at radius 2 is 2.20 bits per heavy atom. The van der Waals surface area contributed by atoms with Crippen LogP contribution in [0.4, 0.5) is 5.82 Å². The zero-order chi connectivity index (χ0) is 10.8. The third kappa shape index (κ3) is 1.71. The van der Waals surface area contributed by atoms with Gasteiger partial charge in [0.05, 0.1) is 12.8 Å². The fourth-order valence-corrected chi connectivity index (χ4v) is 1.34. The number of phenolic OH excluding ortho intramolecular Hbond substituents is 1. The van der Waals surface area contributed by atoms with Crippen LogP contribution in [0.1, 0.15) is 0 Å². The number of nitrogens with zero attached hydrogens (tertiary/aromatic N) is 1. The number of rotatable bonds is 2. The van der Waals surface area contributed by atoms with Crippen LogP contribution in [0.25, 0.3) is 11.3 Å². The lowest BCUT2D eigenvalue weighted by molar-refractivity contribution is 0.408. The minimum Gasteiger partial charge on any atom is -0.507 e. The summed E-state index contributed by atoms with van der Waals surface area (Å²) in [4.78, 5) is 0. The number of nitrogen functional groups attached to an aromatic ring is 1. The smallest absolute Gasteiger partial charge is 0.145 e. The number of aromatic amines is 1. The van der Waals surface area contributed by atoms with Gasteiger partial charge in [-0.3, -0.25) is 5.10 Å². The summed E-state index contributed by atoms with van der Waals surface area (Å²) in [5, 5.41) is 16.2. The third-order valence-electron chi connectivity index (χ3n) is 2.09. The van der Waals surface area contributed by atoms with Crippen molar-refractivity contribution in [1.29, 1.82) is 0 Å². The molecule has 0 saturated carbocycles. The number of aromatic nitrogens is 2. The van der Waals surface area contributed by atoms with Gasteiger partial charge in [-0.25, -0.2) is 0 Å². The Hall–Kier alpha value is -2.17. The number of H-pyrrole nitrogens is 1. The van der Waals surface area contributed by atoms with Crippen LogP contribution in [0.3, 0.4) is 0 Å². The second kappa shape index (κ2) is 3.53. The van der Waals surface area contributed by atoms with Crippen molar-refractivity contribution in [3.05, 3.63) is 24.3 Å². The fraction of sp³-hybridized carbons (Fsp3) is 0.100. The number of hydrogen-bond donors (Lipinski definition) is 3. The summed E-state index contributed by atoms with van der Waals surface area (Å²) in [6.45, 7) is 0. The molecule has 0 aliphatic rings. The molecule has 0 aliphatic heterocycles. The molecular formula is C10H11N3O2. The van der Waals surface area contributed by atoms with Crippen molar-refractivity contribution in [3.8, 4) is 22.8 Å². The molecule has 2 aromatic rings. The van der Waals surface area contributed by atoms with Gasteiger partial charge in [-0.05, 0) is 12.1 Å². The lowest BCUT2D eigenvalue weighted by Gasteiger charge is -2.04. The van der Waals surface area contributed by atoms with Crippen molar-refractivity contribution >= 4 is 5.82 Å². The molecule has 1 heterocycles. The molecule has 15 heavy (non-hydrogen) atoms. The molecule has 1 aromatic carbocycles. The standard InChI is InChI=1S/C10H11N3O2/c1-15-6-2-3-7(9(14)4-6)8-5-10(11)13-12-8/h2-5,14H,1H3,(H3,11,12,13). The van der Waals surface area contributed by atoms with E-state index in [0.29, 0.717) is 22.8 Å². The SMILES string of the molecule is COc1ccc(-c2cc(N)n[nH]2)c(O)c1. The Morgan fingerprint density at radius 3 is 2.73 bits per heavy atom. The van der Waals surface area contributed by atoms with Crippen molar-refractivity contribution in [2.24, 2.45) is 0 Å². The van der Waals surface area contributed by atoms with Gasteiger partial charge >= 0.3 is 0 Å². The molecule has 0 fully saturated rings. The van der Waals surface area contributed by atoms with E-state index in [1.54, 1.807) is 25.3 Å². The lowest BCUT2D eigenvalue weighted by atomic mass is 10.1. The van der Waals surface area contributed by atoms with Crippen molar-refractivity contribution in [1.82, 2.24) is 10.2 Å². The Bertz CT molecular complexity index is 479. The molecule has 5 nitrogen and oxygen atoms in total. The van der Waals surface area contributed by atoms with Gasteiger partial charge in [0, 0.05) is 17.7 Å². The van der Waals surface area contributed by atoms with Crippen LogP contribution in [0, 0.1) is 0 Å². The summed E-state index contributed by atoms with van der Waals surface area (Å²) in [5.41, 5.74) is 6.79. The summed E-state index contributed by atoms with van der Waals surface area (Å²) in [7, 11) is 1.54. The number of nitrogens with two attached hydrogens (primary N) is 1. The predicted molar refractivity (Wildman–Crippen MR) is 56.7 cm³/mol. The summed E-state index contributed by atoms with van der Waals surface area (Å²) in [6.07, 6.45) is 0. The molecule has 0 spiro atoms. The summed E-state index contributed by atoms with van der Waals surface area (Å²) in [5.74, 6) is 1.11. The topological polar surface area (TPSA) is 84.2 Å². The predicted octanol–water partition coefficient (Wildman–Crippen LogP) is 1.37. The summed E-state index contributed by atoms with van der Waals surface area (Å²) < 4.78 is 4.98. The van der Waals surface area contributed by atoms with Crippen LogP contribution < -0.4 is 10.5 Å². The molecule has 0 amide bonds. The Morgan fingerprint density at radius 1 is 1.40 bits per heavy atom. The molecule has 0 unspecified atom stereocenters. The first kappa shape index (κ1) is 9.39. The number of nitrogens with one attached hydrogen (secondary N) is 1. The average molecular weight is 205 g/mol. The van der Waals surface area contributed by atoms with E-state index in [1.807, 2.05) is 0 Å². The van der Waals surface area contributed by atoms with E-state index in [-0.39, 0.29) is 5.75 Å². The monoisotopic (exact) mass is 205 g/mol. The molecule has 0 bridgehead atoms. The van der Waals surface area contributed by atoms with Crippen molar-refractivity contribution in [3.63, 3.8) is 0 Å². The Kier molecular flexibility index (Phi) is 2.21.